The van der Waals surface area contributed by atoms with Crippen molar-refractivity contribution >= 4 is 34.7 Å². The Hall–Kier alpha value is -2.45. The Morgan fingerprint density at radius 1 is 1.33 bits per heavy atom. The maximum absolute atomic E-state index is 13.0. The molecule has 0 saturated carbocycles. The number of hydrogen-bond acceptors (Lipinski definition) is 5. The van der Waals surface area contributed by atoms with Crippen molar-refractivity contribution in [3.05, 3.63) is 56.5 Å². The van der Waals surface area contributed by atoms with Crippen molar-refractivity contribution in [1.29, 1.82) is 0 Å². The predicted molar refractivity (Wildman–Crippen MR) is 107 cm³/mol. The second-order valence-electron chi connectivity index (χ2n) is 6.21. The van der Waals surface area contributed by atoms with Gasteiger partial charge in [-0.25, -0.2) is 4.90 Å². The van der Waals surface area contributed by atoms with Gasteiger partial charge >= 0.3 is 17.4 Å². The van der Waals surface area contributed by atoms with E-state index < -0.39 is 6.17 Å². The van der Waals surface area contributed by atoms with Crippen LogP contribution in [0.1, 0.15) is 29.3 Å². The Morgan fingerprint density at radius 3 is 2.78 bits per heavy atom. The fourth-order valence-corrected chi connectivity index (χ4v) is 4.67. The van der Waals surface area contributed by atoms with E-state index in [1.807, 2.05) is 56.5 Å². The highest BCUT2D eigenvalue weighted by Crippen LogP contribution is 2.39. The standard InChI is InChI=1S/C19H18N4O2S2/c1-4-15(24)22-13-8-6-5-7-12(13)16-17(25)20-19(26-3)21-23(16)18(22)14-10-9-11(2)27-14/h5-10,18H,4H2,1-3H3/p+1/t18-/m0/s1. The third kappa shape index (κ3) is 2.89. The first kappa shape index (κ1) is 17.9. The summed E-state index contributed by atoms with van der Waals surface area (Å²) < 4.78 is 1.70. The van der Waals surface area contributed by atoms with Crippen molar-refractivity contribution in [2.24, 2.45) is 0 Å². The van der Waals surface area contributed by atoms with Gasteiger partial charge in [0.1, 0.15) is 0 Å². The molecule has 0 aliphatic carbocycles. The molecule has 2 aromatic heterocycles. The number of aromatic amines is 1. The van der Waals surface area contributed by atoms with Crippen LogP contribution in [0.15, 0.2) is 46.3 Å². The molecule has 1 aromatic carbocycles. The number of nitrogens with one attached hydrogen (secondary N) is 1. The maximum atomic E-state index is 13.0. The average molecular weight is 400 g/mol. The van der Waals surface area contributed by atoms with E-state index in [-0.39, 0.29) is 11.5 Å². The topological polar surface area (TPSA) is 69.9 Å². The van der Waals surface area contributed by atoms with Crippen LogP contribution >= 0.6 is 23.1 Å². The summed E-state index contributed by atoms with van der Waals surface area (Å²) in [5.74, 6) is -0.00978. The first-order chi connectivity index (χ1) is 13.0. The van der Waals surface area contributed by atoms with Gasteiger partial charge < -0.3 is 0 Å². The van der Waals surface area contributed by atoms with E-state index in [4.69, 9.17) is 0 Å². The van der Waals surface area contributed by atoms with Crippen LogP contribution in [0, 0.1) is 6.92 Å². The minimum Gasteiger partial charge on any atom is -0.291 e. The number of benzene rings is 1. The van der Waals surface area contributed by atoms with Crippen LogP contribution in [0.4, 0.5) is 5.69 Å². The lowest BCUT2D eigenvalue weighted by atomic mass is 10.0. The SMILES string of the molecule is CCC(=O)N1c2ccccc2-c2c(=O)[nH]c(SC)n[n+]2[C@H]1c1ccc(C)s1. The largest absolute Gasteiger partial charge is 0.325 e. The Morgan fingerprint density at radius 2 is 2.11 bits per heavy atom. The number of aryl methyl sites for hydroxylation is 1. The molecule has 1 aliphatic heterocycles. The summed E-state index contributed by atoms with van der Waals surface area (Å²) in [6.45, 7) is 3.88. The number of anilines is 1. The highest BCUT2D eigenvalue weighted by Gasteiger charge is 2.45. The van der Waals surface area contributed by atoms with Gasteiger partial charge in [0.15, 0.2) is 0 Å². The quantitative estimate of drug-likeness (QED) is 0.543. The van der Waals surface area contributed by atoms with Crippen LogP contribution in [-0.2, 0) is 4.79 Å². The van der Waals surface area contributed by atoms with Gasteiger partial charge in [-0.3, -0.25) is 14.6 Å². The van der Waals surface area contributed by atoms with Crippen LogP contribution in [0.5, 0.6) is 0 Å². The number of thioether (sulfide) groups is 1. The van der Waals surface area contributed by atoms with E-state index in [9.17, 15) is 9.59 Å². The molecule has 0 spiro atoms. The summed E-state index contributed by atoms with van der Waals surface area (Å²) in [6.07, 6.45) is 1.75. The van der Waals surface area contributed by atoms with Crippen molar-refractivity contribution in [2.75, 3.05) is 11.2 Å². The third-order valence-electron chi connectivity index (χ3n) is 4.54. The summed E-state index contributed by atoms with van der Waals surface area (Å²) in [7, 11) is 0. The Bertz CT molecular complexity index is 1090. The van der Waals surface area contributed by atoms with Crippen LogP contribution in [0.3, 0.4) is 0 Å². The number of thiophene rings is 1. The smallest absolute Gasteiger partial charge is 0.291 e. The van der Waals surface area contributed by atoms with E-state index in [1.54, 1.807) is 20.9 Å². The highest BCUT2D eigenvalue weighted by atomic mass is 32.2. The van der Waals surface area contributed by atoms with Crippen molar-refractivity contribution in [3.8, 4) is 11.3 Å². The van der Waals surface area contributed by atoms with Gasteiger partial charge in [-0.1, -0.05) is 30.8 Å². The number of hydrogen-bond donors (Lipinski definition) is 1. The zero-order valence-electron chi connectivity index (χ0n) is 15.2. The number of para-hydroxylation sites is 1. The highest BCUT2D eigenvalue weighted by molar-refractivity contribution is 7.98. The van der Waals surface area contributed by atoms with Gasteiger partial charge in [-0.15, -0.1) is 11.3 Å². The fourth-order valence-electron chi connectivity index (χ4n) is 3.35. The van der Waals surface area contributed by atoms with Gasteiger partial charge in [0, 0.05) is 16.4 Å². The summed E-state index contributed by atoms with van der Waals surface area (Å²) in [5, 5.41) is 5.18. The van der Waals surface area contributed by atoms with Crippen LogP contribution < -0.4 is 15.1 Å². The monoisotopic (exact) mass is 399 g/mol. The van der Waals surface area contributed by atoms with Crippen LogP contribution in [-0.4, -0.2) is 22.2 Å². The average Bonchev–Trinajstić information content (AvgIpc) is 3.11. The number of H-pyrrole nitrogens is 1. The molecular formula is C19H19N4O2S2+. The molecule has 1 N–H and O–H groups in total. The van der Waals surface area contributed by atoms with Gasteiger partial charge in [0.25, 0.3) is 0 Å². The minimum absolute atomic E-state index is 0.00978. The molecule has 1 atom stereocenters. The van der Waals surface area contributed by atoms with Gasteiger partial charge in [-0.05, 0) is 42.1 Å². The van der Waals surface area contributed by atoms with Gasteiger partial charge in [0.05, 0.1) is 16.1 Å². The number of rotatable bonds is 3. The number of carbonyl (C=O) groups excluding carboxylic acids is 1. The molecule has 0 unspecified atom stereocenters. The van der Waals surface area contributed by atoms with E-state index >= 15 is 0 Å². The Balaban J connectivity index is 2.09. The molecule has 138 valence electrons. The molecule has 0 saturated heterocycles. The normalized spacial score (nSPS) is 15.4. The summed E-state index contributed by atoms with van der Waals surface area (Å²) in [4.78, 5) is 32.6. The zero-order chi connectivity index (χ0) is 19.1. The Labute approximate surface area is 164 Å². The predicted octanol–water partition coefficient (Wildman–Crippen LogP) is 3.12. The van der Waals surface area contributed by atoms with E-state index in [1.165, 1.54) is 11.8 Å². The molecule has 3 heterocycles. The molecule has 6 nitrogen and oxygen atoms in total. The lowest BCUT2D eigenvalue weighted by Gasteiger charge is -2.31. The van der Waals surface area contributed by atoms with E-state index in [0.29, 0.717) is 22.8 Å². The number of carbonyl (C=O) groups is 1. The van der Waals surface area contributed by atoms with Gasteiger partial charge in [-0.2, -0.15) is 0 Å². The molecule has 27 heavy (non-hydrogen) atoms. The molecule has 1 aliphatic rings. The number of fused-ring (bicyclic) bond motifs is 3. The van der Waals surface area contributed by atoms with Crippen LogP contribution in [0.25, 0.3) is 11.3 Å². The number of aromatic nitrogens is 3. The first-order valence-corrected chi connectivity index (χ1v) is 10.7. The zero-order valence-corrected chi connectivity index (χ0v) is 16.9. The third-order valence-corrected chi connectivity index (χ3v) is 6.15. The summed E-state index contributed by atoms with van der Waals surface area (Å²) >= 11 is 2.98. The van der Waals surface area contributed by atoms with Crippen molar-refractivity contribution < 1.29 is 9.48 Å². The molecule has 0 bridgehead atoms. The molecule has 4 rings (SSSR count). The molecule has 0 fully saturated rings. The second kappa shape index (κ2) is 6.94. The van der Waals surface area contributed by atoms with E-state index in [2.05, 4.69) is 10.1 Å². The van der Waals surface area contributed by atoms with Crippen molar-refractivity contribution in [3.63, 3.8) is 0 Å². The minimum atomic E-state index is -0.478. The van der Waals surface area contributed by atoms with Gasteiger partial charge in [0.2, 0.25) is 11.1 Å². The molecule has 1 amide bonds. The molecule has 8 heteroatoms. The summed E-state index contributed by atoms with van der Waals surface area (Å²) in [6, 6.07) is 11.5. The number of nitrogens with zero attached hydrogens (tertiary/aromatic N) is 3. The lowest BCUT2D eigenvalue weighted by Crippen LogP contribution is -2.60. The second-order valence-corrected chi connectivity index (χ2v) is 8.33. The maximum Gasteiger partial charge on any atom is 0.325 e. The molecule has 3 aromatic rings. The Kier molecular flexibility index (Phi) is 4.61. The van der Waals surface area contributed by atoms with Crippen LogP contribution in [0.2, 0.25) is 0 Å². The summed E-state index contributed by atoms with van der Waals surface area (Å²) in [5.41, 5.74) is 1.72. The van der Waals surface area contributed by atoms with Crippen molar-refractivity contribution in [2.45, 2.75) is 31.6 Å². The number of amides is 1. The van der Waals surface area contributed by atoms with Crippen molar-refractivity contribution in [1.82, 2.24) is 10.1 Å². The lowest BCUT2D eigenvalue weighted by molar-refractivity contribution is -0.762. The fraction of sp³-hybridized carbons (Fsp3) is 0.263. The first-order valence-electron chi connectivity index (χ1n) is 8.63. The molecular weight excluding hydrogens is 380 g/mol. The molecule has 0 radical (unpaired) electrons. The van der Waals surface area contributed by atoms with E-state index in [0.717, 1.165) is 15.4 Å².